The number of amides is 1. The van der Waals surface area contributed by atoms with E-state index < -0.39 is 17.5 Å². The number of anilines is 3. The number of piperidine rings is 1. The lowest BCUT2D eigenvalue weighted by Crippen LogP contribution is -2.41. The van der Waals surface area contributed by atoms with Gasteiger partial charge in [-0.05, 0) is 69.6 Å². The molecule has 0 atom stereocenters. The van der Waals surface area contributed by atoms with Gasteiger partial charge in [0.25, 0.3) is 5.89 Å². The predicted molar refractivity (Wildman–Crippen MR) is 153 cm³/mol. The summed E-state index contributed by atoms with van der Waals surface area (Å²) < 4.78 is 48.6. The lowest BCUT2D eigenvalue weighted by Gasteiger charge is -2.31. The molecule has 0 bridgehead atoms. The van der Waals surface area contributed by atoms with Crippen LogP contribution < -0.4 is 16.0 Å². The molecule has 1 fully saturated rings. The highest BCUT2D eigenvalue weighted by Gasteiger charge is 2.24. The Morgan fingerprint density at radius 3 is 2.38 bits per heavy atom. The van der Waals surface area contributed by atoms with Crippen LogP contribution in [0.25, 0.3) is 11.5 Å². The largest absolute Gasteiger partial charge is 0.403 e. The van der Waals surface area contributed by atoms with Gasteiger partial charge in [-0.3, -0.25) is 4.79 Å². The number of halogens is 3. The molecule has 3 N–H and O–H groups in total. The van der Waals surface area contributed by atoms with Crippen molar-refractivity contribution in [2.24, 2.45) is 5.92 Å². The highest BCUT2D eigenvalue weighted by molar-refractivity contribution is 5.79. The molecular formula is C29H41F3N6O2. The van der Waals surface area contributed by atoms with Gasteiger partial charge in [0.05, 0.1) is 16.9 Å². The van der Waals surface area contributed by atoms with Gasteiger partial charge >= 0.3 is 6.01 Å². The van der Waals surface area contributed by atoms with E-state index in [0.717, 1.165) is 32.0 Å². The van der Waals surface area contributed by atoms with Crippen LogP contribution >= 0.6 is 0 Å². The minimum atomic E-state index is -1.18. The summed E-state index contributed by atoms with van der Waals surface area (Å²) in [6.07, 6.45) is 1.62. The number of benzene rings is 2. The Kier molecular flexibility index (Phi) is 13.4. The van der Waals surface area contributed by atoms with Gasteiger partial charge in [0.2, 0.25) is 5.91 Å². The Morgan fingerprint density at radius 1 is 1.02 bits per heavy atom. The van der Waals surface area contributed by atoms with Gasteiger partial charge in [0.1, 0.15) is 5.82 Å². The number of aryl methyl sites for hydroxylation is 1. The van der Waals surface area contributed by atoms with Crippen molar-refractivity contribution >= 4 is 23.3 Å². The number of rotatable bonds is 9. The summed E-state index contributed by atoms with van der Waals surface area (Å²) in [4.78, 5) is 14.2. The van der Waals surface area contributed by atoms with E-state index in [2.05, 4.69) is 31.0 Å². The van der Waals surface area contributed by atoms with Crippen LogP contribution in [0.3, 0.4) is 0 Å². The molecule has 2 aromatic carbocycles. The van der Waals surface area contributed by atoms with E-state index in [1.54, 1.807) is 13.0 Å². The predicted octanol–water partition coefficient (Wildman–Crippen LogP) is 6.52. The lowest BCUT2D eigenvalue weighted by molar-refractivity contribution is -0.126. The third kappa shape index (κ3) is 8.70. The number of hydrogen-bond donors (Lipinski definition) is 3. The summed E-state index contributed by atoms with van der Waals surface area (Å²) in [6.45, 7) is 15.1. The molecule has 4 rings (SSSR count). The molecule has 0 saturated carbocycles. The smallest absolute Gasteiger partial charge is 0.315 e. The fourth-order valence-electron chi connectivity index (χ4n) is 4.17. The van der Waals surface area contributed by atoms with E-state index in [0.29, 0.717) is 25.2 Å². The van der Waals surface area contributed by atoms with Crippen molar-refractivity contribution in [1.29, 1.82) is 0 Å². The second-order valence-electron chi connectivity index (χ2n) is 8.74. The third-order valence-electron chi connectivity index (χ3n) is 6.15. The van der Waals surface area contributed by atoms with Crippen molar-refractivity contribution in [2.75, 3.05) is 43.4 Å². The molecule has 1 aliphatic heterocycles. The highest BCUT2D eigenvalue weighted by atomic mass is 19.2. The molecule has 1 saturated heterocycles. The topological polar surface area (TPSA) is 95.3 Å². The first-order valence-corrected chi connectivity index (χ1v) is 13.9. The Morgan fingerprint density at radius 2 is 1.73 bits per heavy atom. The summed E-state index contributed by atoms with van der Waals surface area (Å²) in [5, 5.41) is 16.4. The molecule has 0 aliphatic carbocycles. The summed E-state index contributed by atoms with van der Waals surface area (Å²) in [5.41, 5.74) is 0.474. The fourth-order valence-corrected chi connectivity index (χ4v) is 4.17. The number of nitrogens with zero attached hydrogens (tertiary/aromatic N) is 3. The molecule has 0 radical (unpaired) electrons. The second kappa shape index (κ2) is 16.5. The van der Waals surface area contributed by atoms with Gasteiger partial charge in [-0.2, -0.15) is 0 Å². The van der Waals surface area contributed by atoms with Crippen molar-refractivity contribution in [1.82, 2.24) is 20.4 Å². The zero-order chi connectivity index (χ0) is 29.7. The molecule has 8 nitrogen and oxygen atoms in total. The Balaban J connectivity index is 0.00000134. The van der Waals surface area contributed by atoms with E-state index in [-0.39, 0.29) is 40.7 Å². The summed E-state index contributed by atoms with van der Waals surface area (Å²) >= 11 is 0. The molecule has 2 heterocycles. The van der Waals surface area contributed by atoms with Gasteiger partial charge < -0.3 is 25.3 Å². The maximum Gasteiger partial charge on any atom is 0.315 e. The Labute approximate surface area is 234 Å². The zero-order valence-electron chi connectivity index (χ0n) is 24.2. The van der Waals surface area contributed by atoms with E-state index in [1.165, 1.54) is 18.2 Å². The average molecular weight is 563 g/mol. The van der Waals surface area contributed by atoms with Gasteiger partial charge in [-0.15, -0.1) is 5.10 Å². The first-order chi connectivity index (χ1) is 19.4. The Hall–Kier alpha value is -3.60. The van der Waals surface area contributed by atoms with Gasteiger partial charge in [0.15, 0.2) is 11.6 Å². The fraction of sp³-hybridized carbons (Fsp3) is 0.483. The van der Waals surface area contributed by atoms with Crippen LogP contribution in [0.15, 0.2) is 34.7 Å². The van der Waals surface area contributed by atoms with Crippen molar-refractivity contribution in [3.8, 4) is 11.5 Å². The zero-order valence-corrected chi connectivity index (χ0v) is 24.2. The quantitative estimate of drug-likeness (QED) is 0.273. The van der Waals surface area contributed by atoms with E-state index in [1.807, 2.05) is 34.6 Å². The van der Waals surface area contributed by atoms with Crippen LogP contribution in [0.2, 0.25) is 0 Å². The maximum absolute atomic E-state index is 14.7. The number of aromatic nitrogens is 2. The van der Waals surface area contributed by atoms with Crippen LogP contribution in [0.4, 0.5) is 30.6 Å². The van der Waals surface area contributed by atoms with Crippen LogP contribution in [-0.2, 0) is 4.79 Å². The molecule has 1 aliphatic rings. The molecule has 1 aromatic heterocycles. The SMILES string of the molecule is CC.CC.CCNC(=O)C1CCN(CCNc2nnc(-c3ccc(F)c(F)c3Nc3ccc(C)cc3F)o2)CC1. The molecule has 220 valence electrons. The summed E-state index contributed by atoms with van der Waals surface area (Å²) in [7, 11) is 0. The average Bonchev–Trinajstić information content (AvgIpc) is 3.44. The number of likely N-dealkylation sites (tertiary alicyclic amines) is 1. The first-order valence-electron chi connectivity index (χ1n) is 13.9. The van der Waals surface area contributed by atoms with E-state index in [9.17, 15) is 18.0 Å². The van der Waals surface area contributed by atoms with Crippen molar-refractivity contribution < 1.29 is 22.4 Å². The molecular weight excluding hydrogens is 521 g/mol. The number of nitrogens with one attached hydrogen (secondary N) is 3. The number of carbonyl (C=O) groups excluding carboxylic acids is 1. The molecule has 40 heavy (non-hydrogen) atoms. The summed E-state index contributed by atoms with van der Waals surface area (Å²) in [5.74, 6) is -2.76. The third-order valence-corrected chi connectivity index (χ3v) is 6.15. The maximum atomic E-state index is 14.7. The normalized spacial score (nSPS) is 13.4. The lowest BCUT2D eigenvalue weighted by atomic mass is 9.96. The molecule has 1 amide bonds. The summed E-state index contributed by atoms with van der Waals surface area (Å²) in [6, 6.07) is 6.75. The first kappa shape index (κ1) is 32.6. The van der Waals surface area contributed by atoms with Crippen molar-refractivity contribution in [2.45, 2.75) is 54.4 Å². The van der Waals surface area contributed by atoms with Crippen LogP contribution in [0, 0.1) is 30.3 Å². The standard InChI is InChI=1S/C25H29F3N6O2.2C2H6/c1-3-29-23(35)16-8-11-34(12-9-16)13-10-30-25-33-32-24(36-25)17-5-6-18(26)21(28)22(17)31-20-7-4-15(2)14-19(20)27;2*1-2/h4-7,14,16,31H,3,8-13H2,1-2H3,(H,29,35)(H,30,33);2*1-2H3. The molecule has 3 aromatic rings. The van der Waals surface area contributed by atoms with Crippen molar-refractivity contribution in [3.05, 3.63) is 53.3 Å². The van der Waals surface area contributed by atoms with Gasteiger partial charge in [-0.1, -0.05) is 38.9 Å². The highest BCUT2D eigenvalue weighted by Crippen LogP contribution is 2.34. The molecule has 0 unspecified atom stereocenters. The van der Waals surface area contributed by atoms with Crippen LogP contribution in [0.5, 0.6) is 0 Å². The molecule has 11 heteroatoms. The van der Waals surface area contributed by atoms with Gasteiger partial charge in [0, 0.05) is 25.6 Å². The molecule has 0 spiro atoms. The second-order valence-corrected chi connectivity index (χ2v) is 8.74. The van der Waals surface area contributed by atoms with Crippen LogP contribution in [-0.4, -0.2) is 53.7 Å². The van der Waals surface area contributed by atoms with Crippen LogP contribution in [0.1, 0.15) is 53.0 Å². The van der Waals surface area contributed by atoms with Crippen molar-refractivity contribution in [3.63, 3.8) is 0 Å². The van der Waals surface area contributed by atoms with Gasteiger partial charge in [-0.25, -0.2) is 13.2 Å². The van der Waals surface area contributed by atoms with E-state index >= 15 is 0 Å². The monoisotopic (exact) mass is 562 g/mol. The number of hydrogen-bond acceptors (Lipinski definition) is 7. The number of carbonyl (C=O) groups is 1. The Bertz CT molecular complexity index is 1210. The minimum absolute atomic E-state index is 0.0137. The minimum Gasteiger partial charge on any atom is -0.403 e. The van der Waals surface area contributed by atoms with E-state index in [4.69, 9.17) is 4.42 Å².